The van der Waals surface area contributed by atoms with Crippen molar-refractivity contribution in [2.75, 3.05) is 6.54 Å². The highest BCUT2D eigenvalue weighted by molar-refractivity contribution is 14.1. The molecule has 1 unspecified atom stereocenters. The Kier molecular flexibility index (Phi) is 5.25. The van der Waals surface area contributed by atoms with Gasteiger partial charge in [0.2, 0.25) is 0 Å². The lowest BCUT2D eigenvalue weighted by Gasteiger charge is -2.19. The minimum Gasteiger partial charge on any atom is -0.307 e. The second kappa shape index (κ2) is 6.73. The molecule has 2 aromatic carbocycles. The minimum absolute atomic E-state index is 0.195. The van der Waals surface area contributed by atoms with Crippen molar-refractivity contribution in [3.8, 4) is 0 Å². The second-order valence-electron chi connectivity index (χ2n) is 4.55. The molecule has 0 saturated heterocycles. The fourth-order valence-corrected chi connectivity index (χ4v) is 2.62. The van der Waals surface area contributed by atoms with Gasteiger partial charge in [0.05, 0.1) is 6.04 Å². The summed E-state index contributed by atoms with van der Waals surface area (Å²) in [6.45, 7) is 5.07. The molecule has 2 aromatic rings. The molecule has 19 heavy (non-hydrogen) atoms. The lowest BCUT2D eigenvalue weighted by molar-refractivity contribution is 0.630. The number of halogens is 2. The zero-order valence-corrected chi connectivity index (χ0v) is 14.0. The Balaban J connectivity index is 2.38. The summed E-state index contributed by atoms with van der Waals surface area (Å²) in [6.07, 6.45) is 0. The average Bonchev–Trinajstić information content (AvgIpc) is 2.41. The monoisotopic (exact) mass is 385 g/mol. The molecule has 0 heterocycles. The van der Waals surface area contributed by atoms with E-state index in [1.165, 1.54) is 14.7 Å². The van der Waals surface area contributed by atoms with Crippen molar-refractivity contribution in [1.82, 2.24) is 5.32 Å². The van der Waals surface area contributed by atoms with E-state index in [1.807, 2.05) is 6.92 Å². The highest BCUT2D eigenvalue weighted by Crippen LogP contribution is 2.26. The van der Waals surface area contributed by atoms with Crippen LogP contribution in [0.4, 0.5) is 0 Å². The van der Waals surface area contributed by atoms with Crippen LogP contribution in [0, 0.1) is 10.5 Å². The molecule has 0 aliphatic heterocycles. The third-order valence-electron chi connectivity index (χ3n) is 3.14. The molecule has 0 aromatic heterocycles. The zero-order valence-electron chi connectivity index (χ0n) is 11.1. The molecule has 2 rings (SSSR count). The summed E-state index contributed by atoms with van der Waals surface area (Å²) in [5, 5.41) is 4.35. The van der Waals surface area contributed by atoms with Crippen LogP contribution in [0.5, 0.6) is 0 Å². The van der Waals surface area contributed by atoms with Gasteiger partial charge in [-0.25, -0.2) is 0 Å². The summed E-state index contributed by atoms with van der Waals surface area (Å²) < 4.78 is 1.25. The standard InChI is InChI=1S/C16H17ClIN/c1-3-19-16(12-6-8-14(18)9-7-12)13-5-4-11(2)15(17)10-13/h4-10,16,19H,3H2,1-2H3. The third-order valence-corrected chi connectivity index (χ3v) is 4.27. The van der Waals surface area contributed by atoms with Crippen LogP contribution in [0.3, 0.4) is 0 Å². The van der Waals surface area contributed by atoms with Crippen molar-refractivity contribution in [3.63, 3.8) is 0 Å². The largest absolute Gasteiger partial charge is 0.307 e. The van der Waals surface area contributed by atoms with Crippen molar-refractivity contribution >= 4 is 34.2 Å². The quantitative estimate of drug-likeness (QED) is 0.734. The minimum atomic E-state index is 0.195. The first kappa shape index (κ1) is 14.8. The predicted molar refractivity (Wildman–Crippen MR) is 90.9 cm³/mol. The molecule has 3 heteroatoms. The smallest absolute Gasteiger partial charge is 0.0577 e. The van der Waals surface area contributed by atoms with Crippen molar-refractivity contribution < 1.29 is 0 Å². The van der Waals surface area contributed by atoms with Crippen LogP contribution >= 0.6 is 34.2 Å². The van der Waals surface area contributed by atoms with E-state index in [0.717, 1.165) is 17.1 Å². The number of rotatable bonds is 4. The Morgan fingerprint density at radius 2 is 1.74 bits per heavy atom. The summed E-state index contributed by atoms with van der Waals surface area (Å²) in [4.78, 5) is 0. The third kappa shape index (κ3) is 3.71. The van der Waals surface area contributed by atoms with Gasteiger partial charge in [-0.15, -0.1) is 0 Å². The zero-order chi connectivity index (χ0) is 13.8. The lowest BCUT2D eigenvalue weighted by atomic mass is 9.98. The van der Waals surface area contributed by atoms with Crippen LogP contribution in [-0.2, 0) is 0 Å². The Hall–Kier alpha value is -0.580. The molecule has 0 saturated carbocycles. The summed E-state index contributed by atoms with van der Waals surface area (Å²) in [5.41, 5.74) is 3.59. The maximum Gasteiger partial charge on any atom is 0.0577 e. The first-order valence-corrected chi connectivity index (χ1v) is 7.82. The van der Waals surface area contributed by atoms with E-state index in [4.69, 9.17) is 11.6 Å². The van der Waals surface area contributed by atoms with E-state index in [0.29, 0.717) is 0 Å². The molecule has 0 aliphatic carbocycles. The first-order chi connectivity index (χ1) is 9.11. The lowest BCUT2D eigenvalue weighted by Crippen LogP contribution is -2.22. The van der Waals surface area contributed by atoms with Gasteiger partial charge in [0.15, 0.2) is 0 Å². The number of benzene rings is 2. The highest BCUT2D eigenvalue weighted by Gasteiger charge is 2.13. The van der Waals surface area contributed by atoms with E-state index in [-0.39, 0.29) is 6.04 Å². The van der Waals surface area contributed by atoms with Crippen molar-refractivity contribution in [2.45, 2.75) is 19.9 Å². The molecule has 0 radical (unpaired) electrons. The van der Waals surface area contributed by atoms with Crippen LogP contribution in [0.15, 0.2) is 42.5 Å². The number of nitrogens with one attached hydrogen (secondary N) is 1. The van der Waals surface area contributed by atoms with Gasteiger partial charge in [0.25, 0.3) is 0 Å². The molecular weight excluding hydrogens is 369 g/mol. The maximum absolute atomic E-state index is 6.24. The van der Waals surface area contributed by atoms with Crippen molar-refractivity contribution in [3.05, 3.63) is 67.7 Å². The van der Waals surface area contributed by atoms with Crippen molar-refractivity contribution in [2.24, 2.45) is 0 Å². The normalized spacial score (nSPS) is 12.4. The van der Waals surface area contributed by atoms with Crippen LogP contribution in [-0.4, -0.2) is 6.54 Å². The average molecular weight is 386 g/mol. The Morgan fingerprint density at radius 1 is 1.11 bits per heavy atom. The van der Waals surface area contributed by atoms with Crippen LogP contribution in [0.1, 0.15) is 29.7 Å². The maximum atomic E-state index is 6.24. The molecule has 0 spiro atoms. The van der Waals surface area contributed by atoms with E-state index >= 15 is 0 Å². The molecule has 0 bridgehead atoms. The summed E-state index contributed by atoms with van der Waals surface area (Å²) in [6, 6.07) is 15.1. The Bertz CT molecular complexity index is 551. The van der Waals surface area contributed by atoms with E-state index in [1.54, 1.807) is 0 Å². The van der Waals surface area contributed by atoms with Crippen LogP contribution in [0.25, 0.3) is 0 Å². The van der Waals surface area contributed by atoms with E-state index in [9.17, 15) is 0 Å². The topological polar surface area (TPSA) is 12.0 Å². The van der Waals surface area contributed by atoms with Crippen LogP contribution < -0.4 is 5.32 Å². The van der Waals surface area contributed by atoms with Crippen molar-refractivity contribution in [1.29, 1.82) is 0 Å². The number of hydrogen-bond donors (Lipinski definition) is 1. The summed E-state index contributed by atoms with van der Waals surface area (Å²) >= 11 is 8.57. The number of aryl methyl sites for hydroxylation is 1. The second-order valence-corrected chi connectivity index (χ2v) is 6.20. The fourth-order valence-electron chi connectivity index (χ4n) is 2.08. The SMILES string of the molecule is CCNC(c1ccc(I)cc1)c1ccc(C)c(Cl)c1. The predicted octanol–water partition coefficient (Wildman–Crippen LogP) is 4.95. The van der Waals surface area contributed by atoms with Gasteiger partial charge in [-0.2, -0.15) is 0 Å². The molecule has 1 nitrogen and oxygen atoms in total. The van der Waals surface area contributed by atoms with Gasteiger partial charge in [-0.1, -0.05) is 42.8 Å². The van der Waals surface area contributed by atoms with Gasteiger partial charge in [0.1, 0.15) is 0 Å². The summed E-state index contributed by atoms with van der Waals surface area (Å²) in [7, 11) is 0. The molecule has 0 fully saturated rings. The molecule has 1 atom stereocenters. The van der Waals surface area contributed by atoms with Gasteiger partial charge >= 0.3 is 0 Å². The Labute approximate surface area is 133 Å². The molecule has 0 aliphatic rings. The van der Waals surface area contributed by atoms with Crippen LogP contribution in [0.2, 0.25) is 5.02 Å². The number of hydrogen-bond acceptors (Lipinski definition) is 1. The Morgan fingerprint density at radius 3 is 2.32 bits per heavy atom. The molecule has 1 N–H and O–H groups in total. The van der Waals surface area contributed by atoms with E-state index in [2.05, 4.69) is 77.3 Å². The fraction of sp³-hybridized carbons (Fsp3) is 0.250. The van der Waals surface area contributed by atoms with Gasteiger partial charge < -0.3 is 5.32 Å². The summed E-state index contributed by atoms with van der Waals surface area (Å²) in [5.74, 6) is 0. The van der Waals surface area contributed by atoms with Gasteiger partial charge in [-0.3, -0.25) is 0 Å². The first-order valence-electron chi connectivity index (χ1n) is 6.36. The van der Waals surface area contributed by atoms with Gasteiger partial charge in [0, 0.05) is 8.59 Å². The highest BCUT2D eigenvalue weighted by atomic mass is 127. The molecular formula is C16H17ClIN. The van der Waals surface area contributed by atoms with Gasteiger partial charge in [-0.05, 0) is 70.9 Å². The molecule has 0 amide bonds. The van der Waals surface area contributed by atoms with E-state index < -0.39 is 0 Å². The molecule has 100 valence electrons.